The van der Waals surface area contributed by atoms with Crippen molar-refractivity contribution in [1.29, 1.82) is 0 Å². The second-order valence-electron chi connectivity index (χ2n) is 4.27. The molecule has 1 aromatic heterocycles. The molecule has 0 aliphatic carbocycles. The number of anilines is 1. The van der Waals surface area contributed by atoms with Crippen molar-refractivity contribution in [2.45, 2.75) is 32.9 Å². The summed E-state index contributed by atoms with van der Waals surface area (Å²) in [6.45, 7) is 6.88. The van der Waals surface area contributed by atoms with Crippen LogP contribution in [0.1, 0.15) is 32.5 Å². The van der Waals surface area contributed by atoms with E-state index in [0.29, 0.717) is 18.2 Å². The van der Waals surface area contributed by atoms with Crippen molar-refractivity contribution >= 4 is 28.3 Å². The zero-order valence-corrected chi connectivity index (χ0v) is 12.6. The highest BCUT2D eigenvalue weighted by atomic mass is 32.1. The van der Waals surface area contributed by atoms with Gasteiger partial charge in [0, 0.05) is 18.5 Å². The number of carboxylic acid groups (broad SMARTS) is 1. The Morgan fingerprint density at radius 3 is 2.60 bits per heavy atom. The molecule has 2 atom stereocenters. The number of likely N-dealkylation sites (N-methyl/N-ethyl adjacent to an activating group) is 1. The van der Waals surface area contributed by atoms with E-state index in [2.05, 4.69) is 10.3 Å². The second-order valence-corrected chi connectivity index (χ2v) is 5.13. The minimum Gasteiger partial charge on any atom is -0.480 e. The lowest BCUT2D eigenvalue weighted by molar-refractivity contribution is -0.138. The highest BCUT2D eigenvalue weighted by Crippen LogP contribution is 2.20. The molecule has 0 aliphatic heterocycles. The molecule has 0 bridgehead atoms. The summed E-state index contributed by atoms with van der Waals surface area (Å²) in [7, 11) is 0. The molecule has 1 aromatic rings. The van der Waals surface area contributed by atoms with Crippen molar-refractivity contribution in [3.63, 3.8) is 0 Å². The zero-order valence-electron chi connectivity index (χ0n) is 11.8. The number of nitrogens with zero attached hydrogens (tertiary/aromatic N) is 2. The van der Waals surface area contributed by atoms with E-state index < -0.39 is 18.1 Å². The molecule has 2 unspecified atom stereocenters. The van der Waals surface area contributed by atoms with Crippen LogP contribution in [0.2, 0.25) is 0 Å². The Balaban J connectivity index is 2.69. The van der Waals surface area contributed by atoms with Gasteiger partial charge in [0.1, 0.15) is 12.1 Å². The lowest BCUT2D eigenvalue weighted by Crippen LogP contribution is -2.41. The van der Waals surface area contributed by atoms with Crippen molar-refractivity contribution in [2.75, 3.05) is 18.4 Å². The van der Waals surface area contributed by atoms with Crippen molar-refractivity contribution in [2.24, 2.45) is 5.73 Å². The van der Waals surface area contributed by atoms with Crippen LogP contribution in [-0.2, 0) is 9.59 Å². The predicted octanol–water partition coefficient (Wildman–Crippen LogP) is 0.896. The summed E-state index contributed by atoms with van der Waals surface area (Å²) in [5, 5.41) is 13.9. The van der Waals surface area contributed by atoms with Crippen LogP contribution < -0.4 is 11.1 Å². The molecule has 0 saturated carbocycles. The Bertz CT molecular complexity index is 473. The van der Waals surface area contributed by atoms with E-state index in [1.165, 1.54) is 11.3 Å². The van der Waals surface area contributed by atoms with Gasteiger partial charge in [-0.1, -0.05) is 0 Å². The molecular weight excluding hydrogens is 280 g/mol. The molecule has 20 heavy (non-hydrogen) atoms. The third-order valence-electron chi connectivity index (χ3n) is 2.89. The Hall–Kier alpha value is -1.67. The predicted molar refractivity (Wildman–Crippen MR) is 77.7 cm³/mol. The Morgan fingerprint density at radius 2 is 2.10 bits per heavy atom. The number of carboxylic acids is 1. The number of hydrogen-bond donors (Lipinski definition) is 3. The molecule has 0 fully saturated rings. The topological polar surface area (TPSA) is 109 Å². The van der Waals surface area contributed by atoms with Gasteiger partial charge in [0.25, 0.3) is 0 Å². The van der Waals surface area contributed by atoms with Gasteiger partial charge in [-0.2, -0.15) is 0 Å². The first-order valence-electron chi connectivity index (χ1n) is 6.39. The minimum absolute atomic E-state index is 0.0192. The minimum atomic E-state index is -1.14. The van der Waals surface area contributed by atoms with E-state index in [4.69, 9.17) is 10.8 Å². The molecule has 7 nitrogen and oxygen atoms in total. The summed E-state index contributed by atoms with van der Waals surface area (Å²) in [4.78, 5) is 28.7. The molecule has 112 valence electrons. The van der Waals surface area contributed by atoms with E-state index in [-0.39, 0.29) is 11.6 Å². The average Bonchev–Trinajstić information content (AvgIpc) is 2.87. The average molecular weight is 300 g/mol. The zero-order chi connectivity index (χ0) is 15.3. The van der Waals surface area contributed by atoms with Crippen LogP contribution in [0.5, 0.6) is 0 Å². The van der Waals surface area contributed by atoms with Gasteiger partial charge < -0.3 is 21.1 Å². The van der Waals surface area contributed by atoms with Gasteiger partial charge in [-0.15, -0.1) is 11.3 Å². The number of rotatable bonds is 7. The first-order valence-corrected chi connectivity index (χ1v) is 7.27. The molecule has 0 aromatic carbocycles. The lowest BCUT2D eigenvalue weighted by atomic mass is 10.2. The number of carbonyl (C=O) groups excluding carboxylic acids is 1. The van der Waals surface area contributed by atoms with E-state index in [1.54, 1.807) is 17.2 Å². The second kappa shape index (κ2) is 7.20. The summed E-state index contributed by atoms with van der Waals surface area (Å²) in [6, 6.07) is -1.56. The van der Waals surface area contributed by atoms with Gasteiger partial charge in [-0.25, -0.2) is 4.98 Å². The summed E-state index contributed by atoms with van der Waals surface area (Å²) in [6.07, 6.45) is 0. The summed E-state index contributed by atoms with van der Waals surface area (Å²) >= 11 is 1.23. The van der Waals surface area contributed by atoms with Gasteiger partial charge in [0.15, 0.2) is 5.13 Å². The highest BCUT2D eigenvalue weighted by Gasteiger charge is 2.21. The molecule has 8 heteroatoms. The maximum atomic E-state index is 12.1. The largest absolute Gasteiger partial charge is 0.480 e. The molecule has 1 amide bonds. The first kappa shape index (κ1) is 16.4. The van der Waals surface area contributed by atoms with Gasteiger partial charge >= 0.3 is 5.97 Å². The summed E-state index contributed by atoms with van der Waals surface area (Å²) in [5.74, 6) is -1.15. The van der Waals surface area contributed by atoms with Crippen LogP contribution in [0.4, 0.5) is 5.13 Å². The normalized spacial score (nSPS) is 13.6. The van der Waals surface area contributed by atoms with E-state index in [0.717, 1.165) is 0 Å². The Morgan fingerprint density at radius 1 is 1.50 bits per heavy atom. The number of aromatic nitrogens is 1. The van der Waals surface area contributed by atoms with Crippen molar-refractivity contribution in [3.05, 3.63) is 11.1 Å². The number of nitrogens with two attached hydrogens (primary N) is 1. The molecule has 0 aliphatic rings. The smallest absolute Gasteiger partial charge is 0.326 e. The molecule has 0 radical (unpaired) electrons. The molecule has 4 N–H and O–H groups in total. The molecular formula is C12H20N4O3S. The van der Waals surface area contributed by atoms with Gasteiger partial charge in [-0.3, -0.25) is 9.59 Å². The number of hydrogen-bond acceptors (Lipinski definition) is 6. The fourth-order valence-corrected chi connectivity index (χ4v) is 2.51. The summed E-state index contributed by atoms with van der Waals surface area (Å²) < 4.78 is 0. The number of carbonyl (C=O) groups is 2. The number of nitrogens with one attached hydrogen (secondary N) is 1. The quantitative estimate of drug-likeness (QED) is 0.690. The van der Waals surface area contributed by atoms with Crippen LogP contribution in [0.15, 0.2) is 5.38 Å². The van der Waals surface area contributed by atoms with Crippen LogP contribution in [0.25, 0.3) is 0 Å². The van der Waals surface area contributed by atoms with Gasteiger partial charge in [0.2, 0.25) is 5.91 Å². The Labute approximate surface area is 121 Å². The van der Waals surface area contributed by atoms with Crippen molar-refractivity contribution < 1.29 is 14.7 Å². The van der Waals surface area contributed by atoms with Crippen molar-refractivity contribution in [3.8, 4) is 0 Å². The maximum Gasteiger partial charge on any atom is 0.326 e. The van der Waals surface area contributed by atoms with Crippen LogP contribution in [0, 0.1) is 0 Å². The van der Waals surface area contributed by atoms with E-state index in [9.17, 15) is 9.59 Å². The third kappa shape index (κ3) is 3.91. The molecule has 0 saturated heterocycles. The van der Waals surface area contributed by atoms with Gasteiger partial charge in [0.05, 0.1) is 5.69 Å². The standard InChI is InChI=1S/C12H20N4O3S/c1-4-16(5-2)10(17)7(3)14-12-15-8(6-20-12)9(13)11(18)19/h6-7,9H,4-5,13H2,1-3H3,(H,14,15)(H,18,19). The fraction of sp³-hybridized carbons (Fsp3) is 0.583. The SMILES string of the molecule is CCN(CC)C(=O)C(C)Nc1nc(C(N)C(=O)O)cs1. The third-order valence-corrected chi connectivity index (χ3v) is 3.68. The van der Waals surface area contributed by atoms with Crippen LogP contribution in [-0.4, -0.2) is 46.0 Å². The maximum absolute atomic E-state index is 12.1. The molecule has 1 heterocycles. The molecule has 1 rings (SSSR count). The lowest BCUT2D eigenvalue weighted by Gasteiger charge is -2.23. The summed E-state index contributed by atoms with van der Waals surface area (Å²) in [5.41, 5.74) is 5.76. The van der Waals surface area contributed by atoms with Crippen LogP contribution >= 0.6 is 11.3 Å². The van der Waals surface area contributed by atoms with E-state index >= 15 is 0 Å². The first-order chi connectivity index (χ1) is 9.40. The fourth-order valence-electron chi connectivity index (χ4n) is 1.68. The van der Waals surface area contributed by atoms with Crippen LogP contribution in [0.3, 0.4) is 0 Å². The highest BCUT2D eigenvalue weighted by molar-refractivity contribution is 7.13. The monoisotopic (exact) mass is 300 g/mol. The number of thiazole rings is 1. The molecule has 0 spiro atoms. The Kier molecular flexibility index (Phi) is 5.90. The van der Waals surface area contributed by atoms with Gasteiger partial charge in [-0.05, 0) is 20.8 Å². The number of amides is 1. The van der Waals surface area contributed by atoms with Crippen molar-refractivity contribution in [1.82, 2.24) is 9.88 Å². The van der Waals surface area contributed by atoms with E-state index in [1.807, 2.05) is 13.8 Å². The number of aliphatic carboxylic acids is 1.